The molecule has 3 N–H and O–H groups in total. The molecule has 27 heavy (non-hydrogen) atoms. The van der Waals surface area contributed by atoms with Crippen LogP contribution >= 0.6 is 0 Å². The van der Waals surface area contributed by atoms with Gasteiger partial charge in [-0.25, -0.2) is 9.38 Å². The largest absolute Gasteiger partial charge is 0.416 e. The molecule has 0 aliphatic carbocycles. The first-order chi connectivity index (χ1) is 12.8. The zero-order valence-electron chi connectivity index (χ0n) is 14.8. The van der Waals surface area contributed by atoms with Gasteiger partial charge < -0.3 is 15.7 Å². The van der Waals surface area contributed by atoms with Crippen LogP contribution in [0.3, 0.4) is 0 Å². The van der Waals surface area contributed by atoms with E-state index in [1.165, 1.54) is 24.3 Å². The van der Waals surface area contributed by atoms with E-state index in [9.17, 15) is 17.6 Å². The van der Waals surface area contributed by atoms with Gasteiger partial charge >= 0.3 is 6.18 Å². The second-order valence-corrected chi connectivity index (χ2v) is 5.83. The molecule has 0 fully saturated rings. The molecule has 0 saturated carbocycles. The number of hydrogen-bond donors (Lipinski definition) is 3. The first-order valence-corrected chi connectivity index (χ1v) is 8.40. The Labute approximate surface area is 154 Å². The molecule has 2 aromatic carbocycles. The molecule has 0 heterocycles. The number of aliphatic hydroxyl groups excluding tert-OH is 1. The normalized spacial score (nSPS) is 12.1. The lowest BCUT2D eigenvalue weighted by Crippen LogP contribution is -2.36. The number of guanidine groups is 1. The summed E-state index contributed by atoms with van der Waals surface area (Å²) in [6.07, 6.45) is -4.36. The van der Waals surface area contributed by atoms with Gasteiger partial charge in [-0.1, -0.05) is 18.2 Å². The molecule has 146 valence electrons. The van der Waals surface area contributed by atoms with Gasteiger partial charge in [0.1, 0.15) is 5.82 Å². The van der Waals surface area contributed by atoms with Crippen LogP contribution in [-0.2, 0) is 25.9 Å². The molecule has 8 heteroatoms. The highest BCUT2D eigenvalue weighted by atomic mass is 19.4. The Morgan fingerprint density at radius 1 is 1.04 bits per heavy atom. The van der Waals surface area contributed by atoms with E-state index in [2.05, 4.69) is 15.6 Å². The Kier molecular flexibility index (Phi) is 7.18. The molecule has 0 bridgehead atoms. The predicted molar refractivity (Wildman–Crippen MR) is 95.4 cm³/mol. The van der Waals surface area contributed by atoms with Crippen LogP contribution in [0.1, 0.15) is 29.2 Å². The molecule has 0 saturated heterocycles. The van der Waals surface area contributed by atoms with Crippen molar-refractivity contribution in [3.8, 4) is 0 Å². The second kappa shape index (κ2) is 9.36. The van der Waals surface area contributed by atoms with Crippen molar-refractivity contribution >= 4 is 5.96 Å². The third kappa shape index (κ3) is 6.25. The van der Waals surface area contributed by atoms with Crippen molar-refractivity contribution in [3.05, 3.63) is 70.5 Å². The van der Waals surface area contributed by atoms with E-state index in [4.69, 9.17) is 5.11 Å². The van der Waals surface area contributed by atoms with E-state index in [0.29, 0.717) is 24.6 Å². The van der Waals surface area contributed by atoms with Crippen molar-refractivity contribution in [1.82, 2.24) is 10.6 Å². The highest BCUT2D eigenvalue weighted by Gasteiger charge is 2.29. The average Bonchev–Trinajstić information content (AvgIpc) is 2.64. The number of alkyl halides is 3. The lowest BCUT2D eigenvalue weighted by atomic mass is 10.1. The van der Waals surface area contributed by atoms with Crippen molar-refractivity contribution in [2.75, 3.05) is 6.54 Å². The Morgan fingerprint density at radius 3 is 2.30 bits per heavy atom. The molecule has 2 aromatic rings. The summed E-state index contributed by atoms with van der Waals surface area (Å²) in [4.78, 5) is 4.37. The molecule has 0 unspecified atom stereocenters. The Morgan fingerprint density at radius 2 is 1.70 bits per heavy atom. The number of nitrogens with zero attached hydrogens (tertiary/aromatic N) is 1. The number of aliphatic hydroxyl groups is 1. The number of aliphatic imine (C=N–C) groups is 1. The first kappa shape index (κ1) is 20.7. The van der Waals surface area contributed by atoms with Gasteiger partial charge in [0.05, 0.1) is 18.7 Å². The Bertz CT molecular complexity index is 774. The standard InChI is InChI=1S/C19H21F4N3O/c1-2-24-18(26-11-14-5-8-17(20)15(9-14)12-27)25-10-13-3-6-16(7-4-13)19(21,22)23/h3-9,27H,2,10-12H2,1H3,(H2,24,25,26). The van der Waals surface area contributed by atoms with Gasteiger partial charge in [-0.2, -0.15) is 13.2 Å². The molecule has 2 rings (SSSR count). The van der Waals surface area contributed by atoms with Gasteiger partial charge in [-0.3, -0.25) is 0 Å². The van der Waals surface area contributed by atoms with E-state index in [1.54, 1.807) is 6.07 Å². The smallest absolute Gasteiger partial charge is 0.392 e. The topological polar surface area (TPSA) is 56.7 Å². The molecule has 0 atom stereocenters. The SMILES string of the molecule is CCNC(=NCc1ccc(F)c(CO)c1)NCc1ccc(C(F)(F)F)cc1. The fraction of sp³-hybridized carbons (Fsp3) is 0.316. The fourth-order valence-electron chi connectivity index (χ4n) is 2.36. The molecule has 0 aromatic heterocycles. The van der Waals surface area contributed by atoms with Gasteiger partial charge in [0, 0.05) is 18.7 Å². The van der Waals surface area contributed by atoms with Gasteiger partial charge in [0.2, 0.25) is 0 Å². The quantitative estimate of drug-likeness (QED) is 0.406. The Hall–Kier alpha value is -2.61. The summed E-state index contributed by atoms with van der Waals surface area (Å²) in [6, 6.07) is 9.29. The summed E-state index contributed by atoms with van der Waals surface area (Å²) >= 11 is 0. The highest BCUT2D eigenvalue weighted by molar-refractivity contribution is 5.79. The van der Waals surface area contributed by atoms with Crippen molar-refractivity contribution < 1.29 is 22.7 Å². The summed E-state index contributed by atoms with van der Waals surface area (Å²) in [6.45, 7) is 2.65. The highest BCUT2D eigenvalue weighted by Crippen LogP contribution is 2.29. The third-order valence-corrected chi connectivity index (χ3v) is 3.79. The van der Waals surface area contributed by atoms with Gasteiger partial charge in [-0.05, 0) is 42.3 Å². The Balaban J connectivity index is 2.01. The number of halogens is 4. The van der Waals surface area contributed by atoms with E-state index in [1.807, 2.05) is 6.92 Å². The zero-order chi connectivity index (χ0) is 19.9. The molecule has 0 radical (unpaired) electrons. The van der Waals surface area contributed by atoms with E-state index < -0.39 is 24.2 Å². The molecular formula is C19H21F4N3O. The molecule has 4 nitrogen and oxygen atoms in total. The lowest BCUT2D eigenvalue weighted by Gasteiger charge is -2.12. The summed E-state index contributed by atoms with van der Waals surface area (Å²) < 4.78 is 51.2. The van der Waals surface area contributed by atoms with Crippen molar-refractivity contribution in [1.29, 1.82) is 0 Å². The van der Waals surface area contributed by atoms with Gasteiger partial charge in [0.25, 0.3) is 0 Å². The number of benzene rings is 2. The summed E-state index contributed by atoms with van der Waals surface area (Å²) in [5, 5.41) is 15.2. The van der Waals surface area contributed by atoms with E-state index >= 15 is 0 Å². The van der Waals surface area contributed by atoms with Gasteiger partial charge in [-0.15, -0.1) is 0 Å². The minimum Gasteiger partial charge on any atom is -0.392 e. The van der Waals surface area contributed by atoms with Crippen molar-refractivity contribution in [3.63, 3.8) is 0 Å². The maximum absolute atomic E-state index is 13.4. The third-order valence-electron chi connectivity index (χ3n) is 3.79. The van der Waals surface area contributed by atoms with Crippen LogP contribution in [0.25, 0.3) is 0 Å². The maximum atomic E-state index is 13.4. The number of nitrogens with one attached hydrogen (secondary N) is 2. The molecule has 0 spiro atoms. The summed E-state index contributed by atoms with van der Waals surface area (Å²) in [7, 11) is 0. The molecule has 0 aliphatic heterocycles. The number of rotatable bonds is 6. The average molecular weight is 383 g/mol. The van der Waals surface area contributed by atoms with Crippen LogP contribution in [0.2, 0.25) is 0 Å². The zero-order valence-corrected chi connectivity index (χ0v) is 14.8. The molecule has 0 aliphatic rings. The minimum atomic E-state index is -4.36. The minimum absolute atomic E-state index is 0.199. The second-order valence-electron chi connectivity index (χ2n) is 5.83. The summed E-state index contributed by atoms with van der Waals surface area (Å²) in [5.41, 5.74) is 0.915. The molecule has 0 amide bonds. The van der Waals surface area contributed by atoms with Crippen molar-refractivity contribution in [2.24, 2.45) is 4.99 Å². The van der Waals surface area contributed by atoms with Gasteiger partial charge in [0.15, 0.2) is 5.96 Å². The van der Waals surface area contributed by atoms with Crippen LogP contribution < -0.4 is 10.6 Å². The van der Waals surface area contributed by atoms with Crippen LogP contribution in [0.5, 0.6) is 0 Å². The van der Waals surface area contributed by atoms with Crippen LogP contribution in [0, 0.1) is 5.82 Å². The number of hydrogen-bond acceptors (Lipinski definition) is 2. The van der Waals surface area contributed by atoms with E-state index in [0.717, 1.165) is 17.7 Å². The summed E-state index contributed by atoms with van der Waals surface area (Å²) in [5.74, 6) is 0.00448. The van der Waals surface area contributed by atoms with Crippen LogP contribution in [0.15, 0.2) is 47.5 Å². The lowest BCUT2D eigenvalue weighted by molar-refractivity contribution is -0.137. The van der Waals surface area contributed by atoms with E-state index in [-0.39, 0.29) is 12.1 Å². The monoisotopic (exact) mass is 383 g/mol. The fourth-order valence-corrected chi connectivity index (χ4v) is 2.36. The van der Waals surface area contributed by atoms with Crippen LogP contribution in [-0.4, -0.2) is 17.6 Å². The van der Waals surface area contributed by atoms with Crippen LogP contribution in [0.4, 0.5) is 17.6 Å². The molecular weight excluding hydrogens is 362 g/mol. The maximum Gasteiger partial charge on any atom is 0.416 e. The van der Waals surface area contributed by atoms with Crippen molar-refractivity contribution in [2.45, 2.75) is 32.8 Å². The predicted octanol–water partition coefficient (Wildman–Crippen LogP) is 3.59. The first-order valence-electron chi connectivity index (χ1n) is 8.40.